The van der Waals surface area contributed by atoms with Crippen LogP contribution in [0.5, 0.6) is 0 Å². The molecule has 0 spiro atoms. The van der Waals surface area contributed by atoms with E-state index >= 15 is 0 Å². The number of amides is 2. The van der Waals surface area contributed by atoms with E-state index in [0.717, 1.165) is 25.0 Å². The molecule has 160 valence electrons. The molecule has 0 saturated heterocycles. The van der Waals surface area contributed by atoms with Gasteiger partial charge in [0.1, 0.15) is 6.04 Å². The molecule has 1 atom stereocenters. The SMILES string of the molecule is C[C@@H](C(=O)NC1CCCC1)N(CCc1ccccc1)C(=O)CSCc1ccccc1. The van der Waals surface area contributed by atoms with E-state index in [4.69, 9.17) is 0 Å². The Morgan fingerprint density at radius 1 is 1.00 bits per heavy atom. The summed E-state index contributed by atoms with van der Waals surface area (Å²) in [5, 5.41) is 3.15. The fourth-order valence-electron chi connectivity index (χ4n) is 3.88. The highest BCUT2D eigenvalue weighted by Crippen LogP contribution is 2.19. The van der Waals surface area contributed by atoms with Crippen molar-refractivity contribution in [3.63, 3.8) is 0 Å². The standard InChI is InChI=1S/C25H32N2O2S/c1-20(25(29)26-23-14-8-9-15-23)27(17-16-21-10-4-2-5-11-21)24(28)19-30-18-22-12-6-3-7-13-22/h2-7,10-13,20,23H,8-9,14-19H2,1H3,(H,26,29)/t20-/m0/s1. The van der Waals surface area contributed by atoms with Gasteiger partial charge in [0.05, 0.1) is 5.75 Å². The van der Waals surface area contributed by atoms with Crippen LogP contribution < -0.4 is 5.32 Å². The molecule has 0 aromatic heterocycles. The molecule has 4 nitrogen and oxygen atoms in total. The quantitative estimate of drug-likeness (QED) is 0.613. The van der Waals surface area contributed by atoms with Gasteiger partial charge in [0, 0.05) is 18.3 Å². The molecule has 0 aliphatic heterocycles. The lowest BCUT2D eigenvalue weighted by molar-refractivity contribution is -0.138. The van der Waals surface area contributed by atoms with E-state index in [1.54, 1.807) is 16.7 Å². The second-order valence-electron chi connectivity index (χ2n) is 7.97. The number of hydrogen-bond acceptors (Lipinski definition) is 3. The monoisotopic (exact) mass is 424 g/mol. The molecule has 1 fully saturated rings. The van der Waals surface area contributed by atoms with Gasteiger partial charge in [-0.25, -0.2) is 0 Å². The third-order valence-electron chi connectivity index (χ3n) is 5.69. The normalized spacial score (nSPS) is 15.0. The molecule has 1 saturated carbocycles. The number of nitrogens with zero attached hydrogens (tertiary/aromatic N) is 1. The Labute approximate surface area is 184 Å². The molecule has 0 bridgehead atoms. The van der Waals surface area contributed by atoms with Crippen LogP contribution in [-0.2, 0) is 21.8 Å². The van der Waals surface area contributed by atoms with Gasteiger partial charge in [-0.05, 0) is 37.3 Å². The highest BCUT2D eigenvalue weighted by molar-refractivity contribution is 7.99. The molecule has 1 N–H and O–H groups in total. The van der Waals surface area contributed by atoms with Gasteiger partial charge in [-0.15, -0.1) is 11.8 Å². The van der Waals surface area contributed by atoms with Gasteiger partial charge in [-0.3, -0.25) is 9.59 Å². The largest absolute Gasteiger partial charge is 0.352 e. The first kappa shape index (κ1) is 22.4. The maximum atomic E-state index is 13.1. The maximum Gasteiger partial charge on any atom is 0.242 e. The summed E-state index contributed by atoms with van der Waals surface area (Å²) in [6.07, 6.45) is 5.18. The number of carbonyl (C=O) groups excluding carboxylic acids is 2. The van der Waals surface area contributed by atoms with Crippen LogP contribution in [0.2, 0.25) is 0 Å². The van der Waals surface area contributed by atoms with Gasteiger partial charge in [-0.1, -0.05) is 73.5 Å². The van der Waals surface area contributed by atoms with Crippen LogP contribution in [0, 0.1) is 0 Å². The van der Waals surface area contributed by atoms with Crippen LogP contribution in [0.4, 0.5) is 0 Å². The van der Waals surface area contributed by atoms with Crippen LogP contribution in [0.1, 0.15) is 43.7 Å². The molecule has 0 unspecified atom stereocenters. The Balaban J connectivity index is 1.59. The Hall–Kier alpha value is -2.27. The minimum absolute atomic E-state index is 0.0286. The van der Waals surface area contributed by atoms with E-state index in [1.807, 2.05) is 43.3 Å². The number of hydrogen-bond donors (Lipinski definition) is 1. The molecule has 0 radical (unpaired) electrons. The highest BCUT2D eigenvalue weighted by atomic mass is 32.2. The predicted octanol–water partition coefficient (Wildman–Crippen LogP) is 4.44. The Morgan fingerprint density at radius 2 is 1.60 bits per heavy atom. The Kier molecular flexibility index (Phi) is 8.81. The summed E-state index contributed by atoms with van der Waals surface area (Å²) in [7, 11) is 0. The van der Waals surface area contributed by atoms with Gasteiger partial charge in [0.2, 0.25) is 11.8 Å². The smallest absolute Gasteiger partial charge is 0.242 e. The van der Waals surface area contributed by atoms with Crippen molar-refractivity contribution in [2.75, 3.05) is 12.3 Å². The molecule has 3 rings (SSSR count). The van der Waals surface area contributed by atoms with E-state index in [2.05, 4.69) is 29.6 Å². The van der Waals surface area contributed by atoms with Crippen molar-refractivity contribution in [1.82, 2.24) is 10.2 Å². The zero-order chi connectivity index (χ0) is 21.2. The second-order valence-corrected chi connectivity index (χ2v) is 8.95. The van der Waals surface area contributed by atoms with Crippen molar-refractivity contribution in [2.24, 2.45) is 0 Å². The summed E-state index contributed by atoms with van der Waals surface area (Å²) >= 11 is 1.60. The van der Waals surface area contributed by atoms with Crippen LogP contribution in [0.25, 0.3) is 0 Å². The van der Waals surface area contributed by atoms with Crippen molar-refractivity contribution in [3.8, 4) is 0 Å². The Bertz CT molecular complexity index is 791. The van der Waals surface area contributed by atoms with Gasteiger partial charge in [0.15, 0.2) is 0 Å². The third-order valence-corrected chi connectivity index (χ3v) is 6.68. The highest BCUT2D eigenvalue weighted by Gasteiger charge is 2.28. The molecule has 5 heteroatoms. The topological polar surface area (TPSA) is 49.4 Å². The summed E-state index contributed by atoms with van der Waals surface area (Å²) in [6.45, 7) is 2.41. The Morgan fingerprint density at radius 3 is 2.23 bits per heavy atom. The van der Waals surface area contributed by atoms with Crippen LogP contribution >= 0.6 is 11.8 Å². The van der Waals surface area contributed by atoms with E-state index < -0.39 is 6.04 Å². The van der Waals surface area contributed by atoms with Crippen molar-refractivity contribution in [2.45, 2.75) is 56.9 Å². The van der Waals surface area contributed by atoms with Crippen LogP contribution in [-0.4, -0.2) is 41.1 Å². The molecule has 1 aliphatic rings. The van der Waals surface area contributed by atoms with Gasteiger partial charge >= 0.3 is 0 Å². The first-order valence-electron chi connectivity index (χ1n) is 10.9. The predicted molar refractivity (Wildman–Crippen MR) is 124 cm³/mol. The molecule has 0 heterocycles. The molecular weight excluding hydrogens is 392 g/mol. The maximum absolute atomic E-state index is 13.1. The summed E-state index contributed by atoms with van der Waals surface area (Å²) in [5.74, 6) is 1.17. The zero-order valence-corrected chi connectivity index (χ0v) is 18.6. The van der Waals surface area contributed by atoms with E-state index in [1.165, 1.54) is 24.0 Å². The number of benzene rings is 2. The summed E-state index contributed by atoms with van der Waals surface area (Å²) in [5.41, 5.74) is 2.38. The third kappa shape index (κ3) is 6.91. The minimum Gasteiger partial charge on any atom is -0.352 e. The van der Waals surface area contributed by atoms with E-state index in [-0.39, 0.29) is 17.9 Å². The lowest BCUT2D eigenvalue weighted by atomic mass is 10.1. The lowest BCUT2D eigenvalue weighted by Gasteiger charge is -2.29. The first-order chi connectivity index (χ1) is 14.6. The molecule has 1 aliphatic carbocycles. The average Bonchev–Trinajstić information content (AvgIpc) is 3.28. The number of carbonyl (C=O) groups is 2. The van der Waals surface area contributed by atoms with Crippen molar-refractivity contribution in [3.05, 3.63) is 71.8 Å². The number of nitrogens with one attached hydrogen (secondary N) is 1. The van der Waals surface area contributed by atoms with Gasteiger partial charge in [0.25, 0.3) is 0 Å². The van der Waals surface area contributed by atoms with E-state index in [0.29, 0.717) is 12.3 Å². The zero-order valence-electron chi connectivity index (χ0n) is 17.8. The number of thioether (sulfide) groups is 1. The molecule has 30 heavy (non-hydrogen) atoms. The molecule has 2 amide bonds. The van der Waals surface area contributed by atoms with Crippen molar-refractivity contribution >= 4 is 23.6 Å². The number of rotatable bonds is 10. The summed E-state index contributed by atoms with van der Waals surface area (Å²) in [6, 6.07) is 20.1. The van der Waals surface area contributed by atoms with Gasteiger partial charge < -0.3 is 10.2 Å². The van der Waals surface area contributed by atoms with E-state index in [9.17, 15) is 9.59 Å². The second kappa shape index (κ2) is 11.8. The molecule has 2 aromatic rings. The summed E-state index contributed by atoms with van der Waals surface area (Å²) in [4.78, 5) is 27.7. The van der Waals surface area contributed by atoms with Crippen LogP contribution in [0.3, 0.4) is 0 Å². The van der Waals surface area contributed by atoms with Crippen molar-refractivity contribution < 1.29 is 9.59 Å². The van der Waals surface area contributed by atoms with Crippen LogP contribution in [0.15, 0.2) is 60.7 Å². The minimum atomic E-state index is -0.459. The first-order valence-corrected chi connectivity index (χ1v) is 12.0. The molecular formula is C25H32N2O2S. The fraction of sp³-hybridized carbons (Fsp3) is 0.440. The van der Waals surface area contributed by atoms with Gasteiger partial charge in [-0.2, -0.15) is 0 Å². The fourth-order valence-corrected chi connectivity index (χ4v) is 4.75. The average molecular weight is 425 g/mol. The summed E-state index contributed by atoms with van der Waals surface area (Å²) < 4.78 is 0. The van der Waals surface area contributed by atoms with Crippen molar-refractivity contribution in [1.29, 1.82) is 0 Å². The lowest BCUT2D eigenvalue weighted by Crippen LogP contribution is -2.51. The molecule has 2 aromatic carbocycles.